The fraction of sp³-hybridized carbons (Fsp3) is 0.571. The smallest absolute Gasteiger partial charge is 0.356 e. The zero-order valence-corrected chi connectivity index (χ0v) is 12.5. The Balaban J connectivity index is 1.73. The number of amides is 1. The van der Waals surface area contributed by atoms with Gasteiger partial charge in [-0.1, -0.05) is 11.6 Å². The Bertz CT molecular complexity index is 597. The lowest BCUT2D eigenvalue weighted by atomic mass is 9.77. The Morgan fingerprint density at radius 2 is 2.00 bits per heavy atom. The minimum atomic E-state index is -4.45. The molecule has 4 nitrogen and oxygen atoms in total. The summed E-state index contributed by atoms with van der Waals surface area (Å²) in [6.07, 6.45) is -1.52. The van der Waals surface area contributed by atoms with Gasteiger partial charge in [-0.15, -0.1) is 0 Å². The molecule has 2 saturated heterocycles. The zero-order chi connectivity index (χ0) is 16.0. The van der Waals surface area contributed by atoms with Crippen molar-refractivity contribution in [3.63, 3.8) is 0 Å². The Kier molecular flexibility index (Phi) is 3.71. The fourth-order valence-electron chi connectivity index (χ4n) is 3.12. The zero-order valence-electron chi connectivity index (χ0n) is 11.7. The van der Waals surface area contributed by atoms with Crippen molar-refractivity contribution >= 4 is 23.3 Å². The predicted molar refractivity (Wildman–Crippen MR) is 75.8 cm³/mol. The lowest BCUT2D eigenvalue weighted by molar-refractivity contribution is -0.137. The summed E-state index contributed by atoms with van der Waals surface area (Å²) in [5.74, 6) is 0.445. The Morgan fingerprint density at radius 1 is 1.32 bits per heavy atom. The molecule has 0 aromatic carbocycles. The van der Waals surface area contributed by atoms with Crippen LogP contribution in [0.25, 0.3) is 0 Å². The third-order valence-corrected chi connectivity index (χ3v) is 4.75. The highest BCUT2D eigenvalue weighted by molar-refractivity contribution is 6.33. The second-order valence-corrected chi connectivity index (χ2v) is 6.37. The Hall–Kier alpha value is -1.50. The van der Waals surface area contributed by atoms with E-state index in [-0.39, 0.29) is 16.3 Å². The summed E-state index contributed by atoms with van der Waals surface area (Å²) in [5.41, 5.74) is -0.869. The first-order chi connectivity index (χ1) is 10.3. The van der Waals surface area contributed by atoms with Gasteiger partial charge in [0.15, 0.2) is 0 Å². The number of nitrogens with one attached hydrogen (secondary N) is 1. The molecule has 1 spiro atoms. The molecule has 2 aliphatic heterocycles. The number of nitrogens with zero attached hydrogens (tertiary/aromatic N) is 2. The van der Waals surface area contributed by atoms with Crippen molar-refractivity contribution in [2.45, 2.75) is 25.4 Å². The molecule has 1 aromatic rings. The van der Waals surface area contributed by atoms with Gasteiger partial charge in [-0.05, 0) is 24.3 Å². The van der Waals surface area contributed by atoms with E-state index < -0.39 is 11.7 Å². The number of alkyl halides is 3. The van der Waals surface area contributed by atoms with Gasteiger partial charge in [0.25, 0.3) is 0 Å². The van der Waals surface area contributed by atoms with Gasteiger partial charge >= 0.3 is 6.18 Å². The molecule has 0 aliphatic carbocycles. The maximum absolute atomic E-state index is 12.6. The van der Waals surface area contributed by atoms with Crippen LogP contribution >= 0.6 is 11.6 Å². The number of hydrogen-bond donors (Lipinski definition) is 1. The minimum absolute atomic E-state index is 0.00592. The van der Waals surface area contributed by atoms with Crippen molar-refractivity contribution in [1.82, 2.24) is 10.3 Å². The van der Waals surface area contributed by atoms with Crippen molar-refractivity contribution in [2.24, 2.45) is 5.41 Å². The summed E-state index contributed by atoms with van der Waals surface area (Å²) >= 11 is 5.97. The van der Waals surface area contributed by atoms with E-state index >= 15 is 0 Å². The van der Waals surface area contributed by atoms with Crippen LogP contribution in [0.2, 0.25) is 5.02 Å². The molecule has 3 heterocycles. The molecule has 1 amide bonds. The monoisotopic (exact) mass is 333 g/mol. The van der Waals surface area contributed by atoms with Gasteiger partial charge in [0.2, 0.25) is 5.91 Å². The quantitative estimate of drug-likeness (QED) is 0.859. The van der Waals surface area contributed by atoms with Gasteiger partial charge in [-0.2, -0.15) is 13.2 Å². The molecule has 0 radical (unpaired) electrons. The van der Waals surface area contributed by atoms with Crippen LogP contribution in [0.5, 0.6) is 0 Å². The lowest BCUT2D eigenvalue weighted by Gasteiger charge is -2.39. The van der Waals surface area contributed by atoms with E-state index in [4.69, 9.17) is 11.6 Å². The molecule has 0 atom stereocenters. The molecule has 0 bridgehead atoms. The van der Waals surface area contributed by atoms with Crippen molar-refractivity contribution in [1.29, 1.82) is 0 Å². The lowest BCUT2D eigenvalue weighted by Crippen LogP contribution is -2.41. The van der Waals surface area contributed by atoms with Gasteiger partial charge in [-0.3, -0.25) is 4.79 Å². The number of hydrogen-bond acceptors (Lipinski definition) is 3. The highest BCUT2D eigenvalue weighted by Crippen LogP contribution is 2.40. The maximum atomic E-state index is 12.6. The molecule has 1 N–H and O–H groups in total. The van der Waals surface area contributed by atoms with Crippen LogP contribution in [0.15, 0.2) is 12.3 Å². The largest absolute Gasteiger partial charge is 0.417 e. The normalized spacial score (nSPS) is 21.3. The van der Waals surface area contributed by atoms with Gasteiger partial charge in [0.05, 0.1) is 10.6 Å². The molecule has 2 aliphatic rings. The number of anilines is 1. The topological polar surface area (TPSA) is 45.2 Å². The van der Waals surface area contributed by atoms with E-state index in [1.807, 2.05) is 4.90 Å². The first-order valence-corrected chi connectivity index (χ1v) is 7.41. The summed E-state index contributed by atoms with van der Waals surface area (Å²) in [5, 5.41) is 2.85. The summed E-state index contributed by atoms with van der Waals surface area (Å²) in [4.78, 5) is 17.2. The predicted octanol–water partition coefficient (Wildman–Crippen LogP) is 2.86. The molecule has 120 valence electrons. The van der Waals surface area contributed by atoms with Crippen LogP contribution in [0, 0.1) is 5.41 Å². The van der Waals surface area contributed by atoms with E-state index in [1.54, 1.807) is 0 Å². The summed E-state index contributed by atoms with van der Waals surface area (Å²) < 4.78 is 37.9. The van der Waals surface area contributed by atoms with Gasteiger partial charge < -0.3 is 10.2 Å². The van der Waals surface area contributed by atoms with E-state index in [0.29, 0.717) is 31.9 Å². The second-order valence-electron chi connectivity index (χ2n) is 5.97. The summed E-state index contributed by atoms with van der Waals surface area (Å²) in [6.45, 7) is 1.94. The molecule has 8 heteroatoms. The van der Waals surface area contributed by atoms with Gasteiger partial charge in [0.1, 0.15) is 5.82 Å². The van der Waals surface area contributed by atoms with Crippen molar-refractivity contribution < 1.29 is 18.0 Å². The summed E-state index contributed by atoms with van der Waals surface area (Å²) in [7, 11) is 0. The number of carbonyl (C=O) groups is 1. The molecular formula is C14H15ClF3N3O. The number of halogens is 4. The van der Waals surface area contributed by atoms with Crippen molar-refractivity contribution in [2.75, 3.05) is 24.5 Å². The standard InChI is InChI=1S/C14H15ClF3N3O/c15-10-5-9(14(16,17)18)7-19-12(10)21-3-1-13(2-4-21)6-11(22)20-8-13/h5,7H,1-4,6,8H2,(H,20,22). The molecule has 1 aromatic heterocycles. The maximum Gasteiger partial charge on any atom is 0.417 e. The van der Waals surface area contributed by atoms with Gasteiger partial charge in [-0.25, -0.2) is 4.98 Å². The molecular weight excluding hydrogens is 319 g/mol. The molecule has 22 heavy (non-hydrogen) atoms. The first-order valence-electron chi connectivity index (χ1n) is 7.04. The Labute approximate surface area is 130 Å². The van der Waals surface area contributed by atoms with Crippen LogP contribution in [0.1, 0.15) is 24.8 Å². The fourth-order valence-corrected chi connectivity index (χ4v) is 3.40. The highest BCUT2D eigenvalue weighted by atomic mass is 35.5. The summed E-state index contributed by atoms with van der Waals surface area (Å²) in [6, 6.07) is 0.912. The SMILES string of the molecule is O=C1CC2(CCN(c3ncc(C(F)(F)F)cc3Cl)CC2)CN1. The number of aromatic nitrogens is 1. The van der Waals surface area contributed by atoms with Crippen LogP contribution in [0.3, 0.4) is 0 Å². The molecule has 0 saturated carbocycles. The number of piperidine rings is 1. The minimum Gasteiger partial charge on any atom is -0.356 e. The van der Waals surface area contributed by atoms with E-state index in [0.717, 1.165) is 25.1 Å². The van der Waals surface area contributed by atoms with Crippen molar-refractivity contribution in [3.8, 4) is 0 Å². The van der Waals surface area contributed by atoms with Crippen LogP contribution in [-0.4, -0.2) is 30.5 Å². The number of pyridine rings is 1. The number of carbonyl (C=O) groups excluding carboxylic acids is 1. The van der Waals surface area contributed by atoms with Crippen LogP contribution in [0.4, 0.5) is 19.0 Å². The second kappa shape index (κ2) is 5.30. The molecule has 2 fully saturated rings. The highest BCUT2D eigenvalue weighted by Gasteiger charge is 2.41. The average molecular weight is 334 g/mol. The van der Waals surface area contributed by atoms with Crippen LogP contribution < -0.4 is 10.2 Å². The average Bonchev–Trinajstić information content (AvgIpc) is 2.80. The molecule has 3 rings (SSSR count). The number of rotatable bonds is 1. The third kappa shape index (κ3) is 2.86. The molecule has 0 unspecified atom stereocenters. The Morgan fingerprint density at radius 3 is 2.50 bits per heavy atom. The third-order valence-electron chi connectivity index (χ3n) is 4.47. The first kappa shape index (κ1) is 15.4. The van der Waals surface area contributed by atoms with Crippen LogP contribution in [-0.2, 0) is 11.0 Å². The van der Waals surface area contributed by atoms with E-state index in [2.05, 4.69) is 10.3 Å². The van der Waals surface area contributed by atoms with Gasteiger partial charge in [0, 0.05) is 32.3 Å². The van der Waals surface area contributed by atoms with E-state index in [1.165, 1.54) is 0 Å². The van der Waals surface area contributed by atoms with E-state index in [9.17, 15) is 18.0 Å². The van der Waals surface area contributed by atoms with Crippen molar-refractivity contribution in [3.05, 3.63) is 22.8 Å².